The summed E-state index contributed by atoms with van der Waals surface area (Å²) in [7, 11) is 1.28. The summed E-state index contributed by atoms with van der Waals surface area (Å²) >= 11 is 0. The zero-order chi connectivity index (χ0) is 29.4. The number of benzene rings is 2. The van der Waals surface area contributed by atoms with E-state index in [1.165, 1.54) is 7.11 Å². The Hall–Kier alpha value is -4.10. The van der Waals surface area contributed by atoms with Gasteiger partial charge in [-0.3, -0.25) is 10.1 Å². The highest BCUT2D eigenvalue weighted by atomic mass is 16.6. The molecule has 2 rings (SSSR count). The topological polar surface area (TPSA) is 139 Å². The zero-order valence-corrected chi connectivity index (χ0v) is 23.6. The molecule has 0 saturated carbocycles. The van der Waals surface area contributed by atoms with Crippen molar-refractivity contribution in [3.05, 3.63) is 71.8 Å². The molecule has 10 nitrogen and oxygen atoms in total. The molecule has 0 radical (unpaired) electrons. The van der Waals surface area contributed by atoms with Gasteiger partial charge in [0.25, 0.3) is 0 Å². The fraction of sp³-hybridized carbons (Fsp3) is 0.467. The SMILES string of the molecule is COC(=O)[C@H](CCCCNC(=O)OCc1ccccc1)N[C@H](C#N)[C@H](Cc1ccccc1)NC(=O)OC(C)(C)C. The van der Waals surface area contributed by atoms with Gasteiger partial charge in [0.15, 0.2) is 0 Å². The average Bonchev–Trinajstić information content (AvgIpc) is 2.92. The molecule has 2 aromatic carbocycles. The second-order valence-corrected chi connectivity index (χ2v) is 10.3. The van der Waals surface area contributed by atoms with Crippen LogP contribution >= 0.6 is 0 Å². The van der Waals surface area contributed by atoms with Crippen LogP contribution in [0.1, 0.15) is 51.2 Å². The largest absolute Gasteiger partial charge is 0.468 e. The number of amides is 2. The molecule has 216 valence electrons. The van der Waals surface area contributed by atoms with E-state index in [4.69, 9.17) is 14.2 Å². The number of rotatable bonds is 14. The highest BCUT2D eigenvalue weighted by Crippen LogP contribution is 2.12. The Morgan fingerprint density at radius 1 is 0.925 bits per heavy atom. The lowest BCUT2D eigenvalue weighted by atomic mass is 9.98. The summed E-state index contributed by atoms with van der Waals surface area (Å²) < 4.78 is 15.6. The highest BCUT2D eigenvalue weighted by Gasteiger charge is 2.30. The lowest BCUT2D eigenvalue weighted by molar-refractivity contribution is -0.143. The Morgan fingerprint density at radius 2 is 1.55 bits per heavy atom. The van der Waals surface area contributed by atoms with Crippen LogP contribution in [0.25, 0.3) is 0 Å². The van der Waals surface area contributed by atoms with Gasteiger partial charge < -0.3 is 24.8 Å². The number of alkyl carbamates (subject to hydrolysis) is 2. The zero-order valence-electron chi connectivity index (χ0n) is 23.6. The molecule has 40 heavy (non-hydrogen) atoms. The van der Waals surface area contributed by atoms with E-state index in [0.717, 1.165) is 11.1 Å². The highest BCUT2D eigenvalue weighted by molar-refractivity contribution is 5.75. The second kappa shape index (κ2) is 16.8. The first-order valence-corrected chi connectivity index (χ1v) is 13.3. The van der Waals surface area contributed by atoms with Crippen molar-refractivity contribution in [1.29, 1.82) is 5.26 Å². The van der Waals surface area contributed by atoms with Gasteiger partial charge in [-0.1, -0.05) is 60.7 Å². The summed E-state index contributed by atoms with van der Waals surface area (Å²) in [4.78, 5) is 37.1. The molecular weight excluding hydrogens is 512 g/mol. The number of hydrogen-bond donors (Lipinski definition) is 3. The van der Waals surface area contributed by atoms with Gasteiger partial charge in [-0.05, 0) is 57.6 Å². The lowest BCUT2D eigenvalue weighted by Crippen LogP contribution is -2.55. The molecule has 0 saturated heterocycles. The van der Waals surface area contributed by atoms with Crippen LogP contribution in [0.3, 0.4) is 0 Å². The summed E-state index contributed by atoms with van der Waals surface area (Å²) in [5.74, 6) is -0.522. The molecule has 0 aliphatic heterocycles. The normalized spacial score (nSPS) is 13.2. The summed E-state index contributed by atoms with van der Waals surface area (Å²) in [6, 6.07) is 18.6. The molecule has 2 amide bonds. The maximum Gasteiger partial charge on any atom is 0.407 e. The fourth-order valence-corrected chi connectivity index (χ4v) is 3.89. The first kappa shape index (κ1) is 32.1. The Bertz CT molecular complexity index is 1100. The predicted molar refractivity (Wildman–Crippen MR) is 150 cm³/mol. The molecule has 0 heterocycles. The molecule has 10 heteroatoms. The molecule has 0 unspecified atom stereocenters. The molecule has 2 aromatic rings. The predicted octanol–water partition coefficient (Wildman–Crippen LogP) is 4.24. The second-order valence-electron chi connectivity index (χ2n) is 10.3. The van der Waals surface area contributed by atoms with Gasteiger partial charge in [-0.15, -0.1) is 0 Å². The van der Waals surface area contributed by atoms with Crippen LogP contribution < -0.4 is 16.0 Å². The third-order valence-electron chi connectivity index (χ3n) is 5.81. The minimum absolute atomic E-state index is 0.179. The Balaban J connectivity index is 1.94. The van der Waals surface area contributed by atoms with E-state index in [0.29, 0.717) is 32.2 Å². The number of unbranched alkanes of at least 4 members (excludes halogenated alkanes) is 1. The Kier molecular flexibility index (Phi) is 13.5. The average molecular weight is 553 g/mol. The summed E-state index contributed by atoms with van der Waals surface area (Å²) in [6.07, 6.45) is 0.663. The Morgan fingerprint density at radius 3 is 2.12 bits per heavy atom. The van der Waals surface area contributed by atoms with Gasteiger partial charge in [0.05, 0.1) is 19.2 Å². The number of hydrogen-bond acceptors (Lipinski definition) is 8. The van der Waals surface area contributed by atoms with Gasteiger partial charge in [-0.25, -0.2) is 9.59 Å². The number of nitrogens with one attached hydrogen (secondary N) is 3. The molecule has 3 N–H and O–H groups in total. The first-order chi connectivity index (χ1) is 19.1. The molecule has 0 spiro atoms. The van der Waals surface area contributed by atoms with Crippen molar-refractivity contribution in [2.45, 2.75) is 76.8 Å². The summed E-state index contributed by atoms with van der Waals surface area (Å²) in [5, 5.41) is 18.6. The van der Waals surface area contributed by atoms with Crippen molar-refractivity contribution in [3.8, 4) is 6.07 Å². The number of nitriles is 1. The van der Waals surface area contributed by atoms with E-state index in [2.05, 4.69) is 22.0 Å². The van der Waals surface area contributed by atoms with Crippen molar-refractivity contribution in [2.75, 3.05) is 13.7 Å². The van der Waals surface area contributed by atoms with E-state index in [1.807, 2.05) is 60.7 Å². The van der Waals surface area contributed by atoms with Crippen LogP contribution in [-0.2, 0) is 32.0 Å². The number of carbonyl (C=O) groups is 3. The molecule has 0 aliphatic rings. The molecular formula is C30H40N4O6. The third kappa shape index (κ3) is 12.6. The standard InChI is InChI=1S/C30H40N4O6/c1-30(2,3)40-29(37)34-25(19-22-13-7-5-8-14-22)26(20-31)33-24(27(35)38-4)17-11-12-18-32-28(36)39-21-23-15-9-6-10-16-23/h5-10,13-16,24-26,33H,11-12,17-19,21H2,1-4H3,(H,32,36)(H,34,37)/t24-,25-,26+/m0/s1. The summed E-state index contributed by atoms with van der Waals surface area (Å²) in [6.45, 7) is 5.80. The maximum atomic E-state index is 12.6. The van der Waals surface area contributed by atoms with Crippen molar-refractivity contribution in [1.82, 2.24) is 16.0 Å². The van der Waals surface area contributed by atoms with Gasteiger partial charge in [0, 0.05) is 6.54 Å². The van der Waals surface area contributed by atoms with Crippen molar-refractivity contribution < 1.29 is 28.6 Å². The van der Waals surface area contributed by atoms with Crippen molar-refractivity contribution >= 4 is 18.2 Å². The molecule has 0 bridgehead atoms. The van der Waals surface area contributed by atoms with E-state index in [9.17, 15) is 19.6 Å². The molecule has 0 aromatic heterocycles. The number of methoxy groups -OCH3 is 1. The number of carbonyl (C=O) groups excluding carboxylic acids is 3. The van der Waals surface area contributed by atoms with Gasteiger partial charge in [0.1, 0.15) is 24.3 Å². The lowest BCUT2D eigenvalue weighted by Gasteiger charge is -2.29. The van der Waals surface area contributed by atoms with Crippen LogP contribution in [-0.4, -0.2) is 55.5 Å². The monoisotopic (exact) mass is 552 g/mol. The van der Waals surface area contributed by atoms with Crippen LogP contribution in [0.15, 0.2) is 60.7 Å². The van der Waals surface area contributed by atoms with Crippen molar-refractivity contribution in [2.24, 2.45) is 0 Å². The smallest absolute Gasteiger partial charge is 0.407 e. The number of esters is 1. The molecule has 3 atom stereocenters. The van der Waals surface area contributed by atoms with Gasteiger partial charge in [0.2, 0.25) is 0 Å². The van der Waals surface area contributed by atoms with E-state index in [1.54, 1.807) is 20.8 Å². The van der Waals surface area contributed by atoms with Crippen molar-refractivity contribution in [3.63, 3.8) is 0 Å². The van der Waals surface area contributed by atoms with Crippen LogP contribution in [0.5, 0.6) is 0 Å². The quantitative estimate of drug-likeness (QED) is 0.180. The van der Waals surface area contributed by atoms with Crippen LogP contribution in [0.4, 0.5) is 9.59 Å². The van der Waals surface area contributed by atoms with Gasteiger partial charge in [-0.2, -0.15) is 5.26 Å². The summed E-state index contributed by atoms with van der Waals surface area (Å²) in [5.41, 5.74) is 1.09. The maximum absolute atomic E-state index is 12.6. The van der Waals surface area contributed by atoms with E-state index < -0.39 is 41.9 Å². The van der Waals surface area contributed by atoms with Gasteiger partial charge >= 0.3 is 18.2 Å². The molecule has 0 aliphatic carbocycles. The Labute approximate surface area is 236 Å². The fourth-order valence-electron chi connectivity index (χ4n) is 3.89. The minimum atomic E-state index is -0.914. The number of ether oxygens (including phenoxy) is 3. The van der Waals surface area contributed by atoms with E-state index >= 15 is 0 Å². The van der Waals surface area contributed by atoms with Crippen LogP contribution in [0, 0.1) is 11.3 Å². The first-order valence-electron chi connectivity index (χ1n) is 13.3. The molecule has 0 fully saturated rings. The van der Waals surface area contributed by atoms with E-state index in [-0.39, 0.29) is 6.61 Å². The third-order valence-corrected chi connectivity index (χ3v) is 5.81. The number of nitrogens with zero attached hydrogens (tertiary/aromatic N) is 1. The minimum Gasteiger partial charge on any atom is -0.468 e. The van der Waals surface area contributed by atoms with Crippen LogP contribution in [0.2, 0.25) is 0 Å².